The zero-order chi connectivity index (χ0) is 14.3. The van der Waals surface area contributed by atoms with Gasteiger partial charge in [-0.05, 0) is 32.4 Å². The fourth-order valence-corrected chi connectivity index (χ4v) is 6.83. The first-order valence-electron chi connectivity index (χ1n) is 6.89. The first-order chi connectivity index (χ1) is 8.74. The van der Waals surface area contributed by atoms with E-state index in [0.717, 1.165) is 5.76 Å². The minimum absolute atomic E-state index is 0. The minimum atomic E-state index is -1.62. The number of ether oxygens (including phenoxy) is 1. The van der Waals surface area contributed by atoms with Gasteiger partial charge in [0.05, 0.1) is 7.11 Å². The Morgan fingerprint density at radius 1 is 1.09 bits per heavy atom. The molecule has 1 atom stereocenters. The predicted molar refractivity (Wildman–Crippen MR) is 84.5 cm³/mol. The standard InChI is InChI=1S/C16H25NOSi.2ClH.Hf/c1-16(2,3)17-19(5,6)15-11-14(18-4)12-9-7-8-10-13(12)15;;;/h7-11,15,17H,1-6H3;2*1H;/p-2. The molecule has 6 heteroatoms. The molecule has 1 aliphatic rings. The Bertz CT molecular complexity index is 515. The molecule has 1 N–H and O–H groups in total. The molecule has 0 amide bonds. The third-order valence-corrected chi connectivity index (χ3v) is 7.00. The number of allylic oxidation sites excluding steroid dienone is 1. The second kappa shape index (κ2) is 9.02. The van der Waals surface area contributed by atoms with Crippen molar-refractivity contribution in [3.63, 3.8) is 0 Å². The van der Waals surface area contributed by atoms with E-state index in [4.69, 9.17) is 4.74 Å². The van der Waals surface area contributed by atoms with Gasteiger partial charge in [0.1, 0.15) is 14.0 Å². The fraction of sp³-hybridized carbons (Fsp3) is 0.500. The van der Waals surface area contributed by atoms with Crippen LogP contribution in [0.3, 0.4) is 0 Å². The Labute approximate surface area is 167 Å². The van der Waals surface area contributed by atoms with Gasteiger partial charge in [-0.15, -0.1) is 0 Å². The van der Waals surface area contributed by atoms with E-state index in [1.807, 2.05) is 0 Å². The maximum absolute atomic E-state index is 5.55. The average molecular weight is 525 g/mol. The van der Waals surface area contributed by atoms with Crippen LogP contribution < -0.4 is 29.8 Å². The molecule has 0 aliphatic heterocycles. The zero-order valence-corrected chi connectivity index (χ0v) is 20.2. The molecule has 124 valence electrons. The SMILES string of the molecule is COC1=CC([Si](C)(C)NC(C)(C)C)c2ccccc21.[Cl-].[Cl-].[Hf]. The number of halogens is 2. The van der Waals surface area contributed by atoms with Crippen molar-refractivity contribution in [2.24, 2.45) is 0 Å². The summed E-state index contributed by atoms with van der Waals surface area (Å²) in [7, 11) is 0.139. The Morgan fingerprint density at radius 2 is 1.64 bits per heavy atom. The van der Waals surface area contributed by atoms with Crippen LogP contribution in [0.25, 0.3) is 5.76 Å². The van der Waals surface area contributed by atoms with Crippen molar-refractivity contribution in [1.29, 1.82) is 0 Å². The van der Waals surface area contributed by atoms with E-state index in [1.54, 1.807) is 7.11 Å². The Hall–Kier alpha value is 0.387. The van der Waals surface area contributed by atoms with Crippen molar-refractivity contribution in [1.82, 2.24) is 4.98 Å². The second-order valence-corrected chi connectivity index (χ2v) is 11.2. The largest absolute Gasteiger partial charge is 1.00 e. The van der Waals surface area contributed by atoms with Gasteiger partial charge in [0, 0.05) is 42.5 Å². The van der Waals surface area contributed by atoms with Crippen LogP contribution in [0.2, 0.25) is 13.1 Å². The number of benzene rings is 1. The summed E-state index contributed by atoms with van der Waals surface area (Å²) in [5.74, 6) is 1.02. The van der Waals surface area contributed by atoms with Gasteiger partial charge < -0.3 is 34.5 Å². The van der Waals surface area contributed by atoms with E-state index < -0.39 is 8.24 Å². The summed E-state index contributed by atoms with van der Waals surface area (Å²) in [6.45, 7) is 11.5. The maximum atomic E-state index is 5.55. The first-order valence-corrected chi connectivity index (χ1v) is 9.97. The summed E-state index contributed by atoms with van der Waals surface area (Å²) >= 11 is 0. The fourth-order valence-electron chi connectivity index (χ4n) is 3.14. The second-order valence-electron chi connectivity index (χ2n) is 6.90. The van der Waals surface area contributed by atoms with Crippen LogP contribution in [0.15, 0.2) is 30.3 Å². The maximum Gasteiger partial charge on any atom is 0.131 e. The topological polar surface area (TPSA) is 21.3 Å². The average Bonchev–Trinajstić information content (AvgIpc) is 2.65. The molecule has 0 saturated carbocycles. The van der Waals surface area contributed by atoms with E-state index in [1.165, 1.54) is 11.1 Å². The monoisotopic (exact) mass is 525 g/mol. The molecule has 0 heterocycles. The normalized spacial score (nSPS) is 16.5. The number of rotatable bonds is 3. The summed E-state index contributed by atoms with van der Waals surface area (Å²) in [5, 5.41) is 0. The molecule has 0 aromatic heterocycles. The molecule has 0 spiro atoms. The molecule has 22 heavy (non-hydrogen) atoms. The smallest absolute Gasteiger partial charge is 0.131 e. The van der Waals surface area contributed by atoms with Gasteiger partial charge in [-0.3, -0.25) is 0 Å². The van der Waals surface area contributed by atoms with Crippen LogP contribution in [0.5, 0.6) is 0 Å². The molecule has 0 radical (unpaired) electrons. The van der Waals surface area contributed by atoms with Crippen LogP contribution in [-0.4, -0.2) is 20.9 Å². The zero-order valence-electron chi connectivity index (χ0n) is 14.1. The number of nitrogens with one attached hydrogen (secondary N) is 1. The Morgan fingerprint density at radius 3 is 2.14 bits per heavy atom. The third kappa shape index (κ3) is 5.48. The molecule has 0 saturated heterocycles. The van der Waals surface area contributed by atoms with Crippen molar-refractivity contribution in [3.05, 3.63) is 41.5 Å². The van der Waals surface area contributed by atoms with Gasteiger partial charge in [0.25, 0.3) is 0 Å². The molecule has 1 aromatic carbocycles. The van der Waals surface area contributed by atoms with Crippen LogP contribution in [0, 0.1) is 0 Å². The van der Waals surface area contributed by atoms with Gasteiger partial charge >= 0.3 is 0 Å². The summed E-state index contributed by atoms with van der Waals surface area (Å²) in [4.78, 5) is 3.86. The van der Waals surface area contributed by atoms with Crippen molar-refractivity contribution in [2.75, 3.05) is 7.11 Å². The summed E-state index contributed by atoms with van der Waals surface area (Å²) in [6.07, 6.45) is 2.30. The van der Waals surface area contributed by atoms with Crippen molar-refractivity contribution in [3.8, 4) is 0 Å². The molecule has 2 nitrogen and oxygen atoms in total. The Kier molecular flexibility index (Phi) is 10.1. The van der Waals surface area contributed by atoms with Crippen LogP contribution in [0.1, 0.15) is 37.4 Å². The van der Waals surface area contributed by atoms with Gasteiger partial charge in [-0.25, -0.2) is 0 Å². The van der Waals surface area contributed by atoms with E-state index in [-0.39, 0.29) is 56.2 Å². The van der Waals surface area contributed by atoms with Crippen LogP contribution in [-0.2, 0) is 30.6 Å². The number of hydrogen-bond acceptors (Lipinski definition) is 2. The molecule has 2 rings (SSSR count). The van der Waals surface area contributed by atoms with E-state index in [9.17, 15) is 0 Å². The number of fused-ring (bicyclic) bond motifs is 1. The Balaban J connectivity index is 0. The summed E-state index contributed by atoms with van der Waals surface area (Å²) in [6, 6.07) is 8.60. The van der Waals surface area contributed by atoms with E-state index >= 15 is 0 Å². The molecular weight excluding hydrogens is 500 g/mol. The van der Waals surface area contributed by atoms with Gasteiger partial charge in [0.2, 0.25) is 0 Å². The number of hydrogen-bond donors (Lipinski definition) is 1. The quantitative estimate of drug-likeness (QED) is 0.458. The predicted octanol–water partition coefficient (Wildman–Crippen LogP) is -2.09. The first kappa shape index (κ1) is 24.6. The summed E-state index contributed by atoms with van der Waals surface area (Å²) < 4.78 is 5.55. The van der Waals surface area contributed by atoms with Gasteiger partial charge in [0.15, 0.2) is 0 Å². The van der Waals surface area contributed by atoms with E-state index in [0.29, 0.717) is 5.54 Å². The molecule has 1 aromatic rings. The van der Waals surface area contributed by atoms with Crippen molar-refractivity contribution < 1.29 is 55.4 Å². The molecular formula is C16H25Cl2HfNOSi-2. The third-order valence-electron chi connectivity index (χ3n) is 3.57. The van der Waals surface area contributed by atoms with Crippen LogP contribution >= 0.6 is 0 Å². The van der Waals surface area contributed by atoms with Crippen molar-refractivity contribution >= 4 is 14.0 Å². The molecule has 0 fully saturated rings. The van der Waals surface area contributed by atoms with Gasteiger partial charge in [-0.1, -0.05) is 37.4 Å². The van der Waals surface area contributed by atoms with E-state index in [2.05, 4.69) is 69.2 Å². The minimum Gasteiger partial charge on any atom is -1.00 e. The van der Waals surface area contributed by atoms with Crippen molar-refractivity contribution in [2.45, 2.75) is 44.9 Å². The number of methoxy groups -OCH3 is 1. The molecule has 0 bridgehead atoms. The summed E-state index contributed by atoms with van der Waals surface area (Å²) in [5.41, 5.74) is 3.28. The molecule has 1 aliphatic carbocycles. The van der Waals surface area contributed by atoms with Crippen LogP contribution in [0.4, 0.5) is 0 Å². The van der Waals surface area contributed by atoms with Gasteiger partial charge in [-0.2, -0.15) is 0 Å². The molecule has 1 unspecified atom stereocenters.